The molecule has 100 valence electrons. The number of pyridine rings is 1. The molecule has 1 aromatic rings. The van der Waals surface area contributed by atoms with Gasteiger partial charge in [0.1, 0.15) is 5.82 Å². The minimum Gasteiger partial charge on any atom is -0.370 e. The maximum atomic E-state index is 4.34. The maximum absolute atomic E-state index is 4.34. The predicted molar refractivity (Wildman–Crippen MR) is 81.1 cm³/mol. The molecule has 2 nitrogen and oxygen atoms in total. The summed E-state index contributed by atoms with van der Waals surface area (Å²) in [6.07, 6.45) is 8.86. The molecule has 0 radical (unpaired) electrons. The third-order valence-corrected chi connectivity index (χ3v) is 4.72. The lowest BCUT2D eigenvalue weighted by atomic mass is 10.1. The molecule has 1 N–H and O–H groups in total. The number of rotatable bonds is 7. The SMILES string of the molecule is CCCNc1cc(CSCC2CCCC2)ccn1. The summed E-state index contributed by atoms with van der Waals surface area (Å²) >= 11 is 2.08. The first-order valence-corrected chi connectivity index (χ1v) is 8.30. The Morgan fingerprint density at radius 1 is 1.39 bits per heavy atom. The lowest BCUT2D eigenvalue weighted by Gasteiger charge is -2.09. The van der Waals surface area contributed by atoms with E-state index in [4.69, 9.17) is 0 Å². The normalized spacial score (nSPS) is 16.1. The summed E-state index contributed by atoms with van der Waals surface area (Å²) in [7, 11) is 0. The van der Waals surface area contributed by atoms with Gasteiger partial charge in [-0.1, -0.05) is 19.8 Å². The highest BCUT2D eigenvalue weighted by Crippen LogP contribution is 2.29. The van der Waals surface area contributed by atoms with E-state index in [-0.39, 0.29) is 0 Å². The van der Waals surface area contributed by atoms with Crippen LogP contribution in [0.25, 0.3) is 0 Å². The van der Waals surface area contributed by atoms with Crippen molar-refractivity contribution < 1.29 is 0 Å². The van der Waals surface area contributed by atoms with Gasteiger partial charge in [-0.05, 0) is 48.6 Å². The van der Waals surface area contributed by atoms with Crippen LogP contribution in [0.3, 0.4) is 0 Å². The second kappa shape index (κ2) is 7.67. The van der Waals surface area contributed by atoms with E-state index < -0.39 is 0 Å². The molecular formula is C15H24N2S. The van der Waals surface area contributed by atoms with Crippen LogP contribution in [0.4, 0.5) is 5.82 Å². The van der Waals surface area contributed by atoms with Crippen LogP contribution in [-0.2, 0) is 5.75 Å². The van der Waals surface area contributed by atoms with E-state index >= 15 is 0 Å². The summed E-state index contributed by atoms with van der Waals surface area (Å²) in [5.74, 6) is 4.46. The van der Waals surface area contributed by atoms with Crippen LogP contribution in [0.5, 0.6) is 0 Å². The lowest BCUT2D eigenvalue weighted by Crippen LogP contribution is -2.02. The zero-order valence-electron chi connectivity index (χ0n) is 11.3. The third-order valence-electron chi connectivity index (χ3n) is 3.48. The summed E-state index contributed by atoms with van der Waals surface area (Å²) in [6, 6.07) is 4.33. The van der Waals surface area contributed by atoms with Gasteiger partial charge in [0.25, 0.3) is 0 Å². The van der Waals surface area contributed by atoms with E-state index in [1.54, 1.807) is 0 Å². The molecule has 0 aromatic carbocycles. The van der Waals surface area contributed by atoms with Crippen molar-refractivity contribution in [1.29, 1.82) is 0 Å². The molecule has 0 bridgehead atoms. The average Bonchev–Trinajstić information content (AvgIpc) is 2.90. The standard InChI is InChI=1S/C15H24N2S/c1-2-8-16-15-10-14(7-9-17-15)12-18-11-13-5-3-4-6-13/h7,9-10,13H,2-6,8,11-12H2,1H3,(H,16,17). The number of hydrogen-bond donors (Lipinski definition) is 1. The van der Waals surface area contributed by atoms with E-state index in [2.05, 4.69) is 41.1 Å². The Balaban J connectivity index is 1.74. The van der Waals surface area contributed by atoms with Crippen molar-refractivity contribution in [3.63, 3.8) is 0 Å². The highest BCUT2D eigenvalue weighted by Gasteiger charge is 2.14. The average molecular weight is 264 g/mol. The predicted octanol–water partition coefficient (Wildman–Crippen LogP) is 4.33. The van der Waals surface area contributed by atoms with Gasteiger partial charge in [-0.3, -0.25) is 0 Å². The highest BCUT2D eigenvalue weighted by molar-refractivity contribution is 7.98. The van der Waals surface area contributed by atoms with Crippen LogP contribution in [0, 0.1) is 5.92 Å². The van der Waals surface area contributed by atoms with Crippen molar-refractivity contribution in [2.45, 2.75) is 44.8 Å². The number of nitrogens with one attached hydrogen (secondary N) is 1. The van der Waals surface area contributed by atoms with Crippen LogP contribution in [0.15, 0.2) is 18.3 Å². The van der Waals surface area contributed by atoms with Crippen molar-refractivity contribution >= 4 is 17.6 Å². The fourth-order valence-electron chi connectivity index (χ4n) is 2.43. The van der Waals surface area contributed by atoms with E-state index in [1.807, 2.05) is 6.20 Å². The van der Waals surface area contributed by atoms with Gasteiger partial charge < -0.3 is 5.32 Å². The Morgan fingerprint density at radius 2 is 2.22 bits per heavy atom. The van der Waals surface area contributed by atoms with Gasteiger partial charge in [-0.25, -0.2) is 4.98 Å². The largest absolute Gasteiger partial charge is 0.370 e. The number of nitrogens with zero attached hydrogens (tertiary/aromatic N) is 1. The Labute approximate surface area is 115 Å². The number of anilines is 1. The molecular weight excluding hydrogens is 240 g/mol. The smallest absolute Gasteiger partial charge is 0.126 e. The Hall–Kier alpha value is -0.700. The van der Waals surface area contributed by atoms with E-state index in [1.165, 1.54) is 37.0 Å². The van der Waals surface area contributed by atoms with Crippen molar-refractivity contribution in [3.05, 3.63) is 23.9 Å². The van der Waals surface area contributed by atoms with E-state index in [0.717, 1.165) is 30.5 Å². The number of aromatic nitrogens is 1. The van der Waals surface area contributed by atoms with E-state index in [0.29, 0.717) is 0 Å². The van der Waals surface area contributed by atoms with Crippen LogP contribution >= 0.6 is 11.8 Å². The summed E-state index contributed by atoms with van der Waals surface area (Å²) in [5, 5.41) is 3.35. The van der Waals surface area contributed by atoms with Crippen LogP contribution in [0.1, 0.15) is 44.6 Å². The van der Waals surface area contributed by atoms with Crippen molar-refractivity contribution in [3.8, 4) is 0 Å². The van der Waals surface area contributed by atoms with Crippen LogP contribution in [0.2, 0.25) is 0 Å². The molecule has 0 spiro atoms. The third kappa shape index (κ3) is 4.52. The summed E-state index contributed by atoms with van der Waals surface area (Å²) < 4.78 is 0. The molecule has 0 saturated heterocycles. The monoisotopic (exact) mass is 264 g/mol. The summed E-state index contributed by atoms with van der Waals surface area (Å²) in [4.78, 5) is 4.34. The molecule has 0 aliphatic heterocycles. The first-order valence-electron chi connectivity index (χ1n) is 7.15. The van der Waals surface area contributed by atoms with Crippen molar-refractivity contribution in [2.75, 3.05) is 17.6 Å². The van der Waals surface area contributed by atoms with Gasteiger partial charge in [-0.15, -0.1) is 0 Å². The summed E-state index contributed by atoms with van der Waals surface area (Å²) in [5.41, 5.74) is 1.40. The van der Waals surface area contributed by atoms with Gasteiger partial charge in [0.05, 0.1) is 0 Å². The minimum absolute atomic E-state index is 0.981. The van der Waals surface area contributed by atoms with Crippen LogP contribution < -0.4 is 5.32 Å². The molecule has 0 amide bonds. The highest BCUT2D eigenvalue weighted by atomic mass is 32.2. The van der Waals surface area contributed by atoms with Gasteiger partial charge in [0.15, 0.2) is 0 Å². The lowest BCUT2D eigenvalue weighted by molar-refractivity contribution is 0.623. The molecule has 18 heavy (non-hydrogen) atoms. The Morgan fingerprint density at radius 3 is 3.00 bits per heavy atom. The molecule has 1 aliphatic carbocycles. The second-order valence-corrected chi connectivity index (χ2v) is 6.17. The molecule has 1 heterocycles. The van der Waals surface area contributed by atoms with Gasteiger partial charge >= 0.3 is 0 Å². The van der Waals surface area contributed by atoms with Crippen molar-refractivity contribution in [2.24, 2.45) is 5.92 Å². The topological polar surface area (TPSA) is 24.9 Å². The fourth-order valence-corrected chi connectivity index (χ4v) is 3.63. The zero-order valence-corrected chi connectivity index (χ0v) is 12.1. The molecule has 1 aliphatic rings. The first kappa shape index (κ1) is 13.7. The first-order chi connectivity index (χ1) is 8.88. The Kier molecular flexibility index (Phi) is 5.85. The molecule has 1 fully saturated rings. The van der Waals surface area contributed by atoms with Gasteiger partial charge in [0, 0.05) is 18.5 Å². The molecule has 0 unspecified atom stereocenters. The zero-order chi connectivity index (χ0) is 12.6. The molecule has 2 rings (SSSR count). The molecule has 1 saturated carbocycles. The quantitative estimate of drug-likeness (QED) is 0.793. The maximum Gasteiger partial charge on any atom is 0.126 e. The second-order valence-electron chi connectivity index (χ2n) is 5.14. The van der Waals surface area contributed by atoms with Crippen molar-refractivity contribution in [1.82, 2.24) is 4.98 Å². The Bertz CT molecular complexity index is 348. The fraction of sp³-hybridized carbons (Fsp3) is 0.667. The molecule has 1 aromatic heterocycles. The minimum atomic E-state index is 0.981. The van der Waals surface area contributed by atoms with Crippen LogP contribution in [-0.4, -0.2) is 17.3 Å². The molecule has 0 atom stereocenters. The van der Waals surface area contributed by atoms with E-state index in [9.17, 15) is 0 Å². The molecule has 3 heteroatoms. The number of hydrogen-bond acceptors (Lipinski definition) is 3. The van der Waals surface area contributed by atoms with Gasteiger partial charge in [0.2, 0.25) is 0 Å². The summed E-state index contributed by atoms with van der Waals surface area (Å²) in [6.45, 7) is 3.18. The number of thioether (sulfide) groups is 1. The van der Waals surface area contributed by atoms with Gasteiger partial charge in [-0.2, -0.15) is 11.8 Å².